The minimum absolute atomic E-state index is 0.150. The predicted molar refractivity (Wildman–Crippen MR) is 171 cm³/mol. The molecule has 2 atom stereocenters. The Labute approximate surface area is 259 Å². The number of benzene rings is 2. The lowest BCUT2D eigenvalue weighted by atomic mass is 9.98. The van der Waals surface area contributed by atoms with Crippen molar-refractivity contribution in [3.05, 3.63) is 71.9 Å². The zero-order valence-corrected chi connectivity index (χ0v) is 27.2. The fourth-order valence-electron chi connectivity index (χ4n) is 4.71. The quantitative estimate of drug-likeness (QED) is 0.287. The zero-order chi connectivity index (χ0) is 32.8. The van der Waals surface area contributed by atoms with Gasteiger partial charge in [0.05, 0.1) is 0 Å². The molecule has 238 valence electrons. The lowest BCUT2D eigenvalue weighted by Crippen LogP contribution is -2.61. The fourth-order valence-corrected chi connectivity index (χ4v) is 4.71. The number of aromatic amines is 1. The van der Waals surface area contributed by atoms with E-state index in [1.165, 1.54) is 23.8 Å². The van der Waals surface area contributed by atoms with Crippen molar-refractivity contribution in [2.75, 3.05) is 28.2 Å². The van der Waals surface area contributed by atoms with Crippen molar-refractivity contribution in [1.82, 2.24) is 30.5 Å². The summed E-state index contributed by atoms with van der Waals surface area (Å²) in [5.74, 6) is -1.30. The van der Waals surface area contributed by atoms with Gasteiger partial charge >= 0.3 is 6.09 Å². The SMILES string of the molecule is CN(C(=O)C(Cc1c[nH]c2ccccc12)NC(=O)C(C)(C)NC(=O)OC(C)(C)C)C(Cc1ccccc1)C(=O)N(C)N(C)C. The summed E-state index contributed by atoms with van der Waals surface area (Å²) < 4.78 is 5.35. The molecule has 0 fully saturated rings. The van der Waals surface area contributed by atoms with Crippen molar-refractivity contribution >= 4 is 34.7 Å². The molecule has 0 saturated carbocycles. The Morgan fingerprint density at radius 3 is 2.07 bits per heavy atom. The Bertz CT molecular complexity index is 1460. The first kappa shape index (κ1) is 34.1. The Morgan fingerprint density at radius 1 is 0.841 bits per heavy atom. The molecule has 3 N–H and O–H groups in total. The third-order valence-electron chi connectivity index (χ3n) is 7.37. The number of hydrogen-bond acceptors (Lipinski definition) is 6. The van der Waals surface area contributed by atoms with Crippen LogP contribution in [0.25, 0.3) is 10.9 Å². The van der Waals surface area contributed by atoms with E-state index >= 15 is 0 Å². The van der Waals surface area contributed by atoms with Gasteiger partial charge in [0.1, 0.15) is 23.2 Å². The molecule has 0 radical (unpaired) electrons. The Morgan fingerprint density at radius 2 is 1.45 bits per heavy atom. The van der Waals surface area contributed by atoms with Crippen molar-refractivity contribution in [3.8, 4) is 0 Å². The molecule has 2 unspecified atom stereocenters. The minimum Gasteiger partial charge on any atom is -0.444 e. The Hall–Kier alpha value is -4.38. The van der Waals surface area contributed by atoms with Crippen molar-refractivity contribution in [1.29, 1.82) is 0 Å². The predicted octanol–water partition coefficient (Wildman–Crippen LogP) is 3.50. The summed E-state index contributed by atoms with van der Waals surface area (Å²) in [4.78, 5) is 58.8. The zero-order valence-electron chi connectivity index (χ0n) is 27.2. The van der Waals surface area contributed by atoms with Gasteiger partial charge in [0, 0.05) is 58.1 Å². The van der Waals surface area contributed by atoms with E-state index in [1.54, 1.807) is 54.0 Å². The minimum atomic E-state index is -1.41. The van der Waals surface area contributed by atoms with Gasteiger partial charge in [-0.15, -0.1) is 0 Å². The molecule has 3 aromatic rings. The van der Waals surface area contributed by atoms with Gasteiger partial charge in [-0.2, -0.15) is 0 Å². The van der Waals surface area contributed by atoms with Crippen LogP contribution in [0.15, 0.2) is 60.8 Å². The molecule has 4 amide bonds. The van der Waals surface area contributed by atoms with E-state index in [4.69, 9.17) is 4.74 Å². The maximum atomic E-state index is 14.3. The van der Waals surface area contributed by atoms with Crippen molar-refractivity contribution in [2.24, 2.45) is 0 Å². The largest absolute Gasteiger partial charge is 0.444 e. The number of amides is 4. The van der Waals surface area contributed by atoms with E-state index < -0.39 is 41.1 Å². The number of hydrazine groups is 1. The second-order valence-corrected chi connectivity index (χ2v) is 12.7. The number of likely N-dealkylation sites (N-methyl/N-ethyl adjacent to an activating group) is 2. The molecule has 0 aliphatic carbocycles. The molecule has 0 bridgehead atoms. The van der Waals surface area contributed by atoms with Crippen LogP contribution in [0.3, 0.4) is 0 Å². The van der Waals surface area contributed by atoms with E-state index in [2.05, 4.69) is 15.6 Å². The molecule has 1 heterocycles. The first-order chi connectivity index (χ1) is 20.5. The monoisotopic (exact) mass is 606 g/mol. The maximum absolute atomic E-state index is 14.3. The van der Waals surface area contributed by atoms with Crippen LogP contribution in [0.1, 0.15) is 45.7 Å². The fraction of sp³-hybridized carbons (Fsp3) is 0.455. The number of fused-ring (bicyclic) bond motifs is 1. The third-order valence-corrected chi connectivity index (χ3v) is 7.37. The summed E-state index contributed by atoms with van der Waals surface area (Å²) in [5, 5.41) is 9.49. The molecule has 0 aliphatic heterocycles. The van der Waals surface area contributed by atoms with Gasteiger partial charge in [-0.25, -0.2) is 9.80 Å². The molecule has 0 saturated heterocycles. The molecule has 2 aromatic carbocycles. The number of aromatic nitrogens is 1. The number of ether oxygens (including phenoxy) is 1. The van der Waals surface area contributed by atoms with Gasteiger partial charge in [0.2, 0.25) is 11.8 Å². The first-order valence-corrected chi connectivity index (χ1v) is 14.6. The molecule has 11 heteroatoms. The molecule has 0 spiro atoms. The summed E-state index contributed by atoms with van der Waals surface area (Å²) in [6.07, 6.45) is 1.49. The average Bonchev–Trinajstić information content (AvgIpc) is 3.35. The average molecular weight is 607 g/mol. The van der Waals surface area contributed by atoms with Crippen molar-refractivity contribution in [2.45, 2.75) is 70.7 Å². The van der Waals surface area contributed by atoms with Crippen molar-refractivity contribution in [3.63, 3.8) is 0 Å². The number of carbonyl (C=O) groups excluding carboxylic acids is 4. The number of nitrogens with zero attached hydrogens (tertiary/aromatic N) is 3. The number of para-hydroxylation sites is 1. The van der Waals surface area contributed by atoms with E-state index in [9.17, 15) is 19.2 Å². The first-order valence-electron chi connectivity index (χ1n) is 14.6. The van der Waals surface area contributed by atoms with Crippen LogP contribution in [0.2, 0.25) is 0 Å². The highest BCUT2D eigenvalue weighted by atomic mass is 16.6. The van der Waals surface area contributed by atoms with E-state index in [1.807, 2.05) is 60.8 Å². The number of H-pyrrole nitrogens is 1. The number of rotatable bonds is 11. The lowest BCUT2D eigenvalue weighted by Gasteiger charge is -2.36. The second kappa shape index (κ2) is 13.9. The Kier molecular flexibility index (Phi) is 10.8. The van der Waals surface area contributed by atoms with E-state index in [0.29, 0.717) is 0 Å². The highest BCUT2D eigenvalue weighted by Crippen LogP contribution is 2.21. The van der Waals surface area contributed by atoms with Gasteiger partial charge in [0.15, 0.2) is 0 Å². The molecule has 44 heavy (non-hydrogen) atoms. The van der Waals surface area contributed by atoms with Crippen LogP contribution in [-0.4, -0.2) is 95.1 Å². The molecule has 11 nitrogen and oxygen atoms in total. The van der Waals surface area contributed by atoms with E-state index in [-0.39, 0.29) is 18.7 Å². The highest BCUT2D eigenvalue weighted by Gasteiger charge is 2.38. The summed E-state index contributed by atoms with van der Waals surface area (Å²) in [5.41, 5.74) is 0.432. The molecule has 0 aliphatic rings. The molecule has 3 rings (SSSR count). The van der Waals surface area contributed by atoms with Crippen LogP contribution in [0, 0.1) is 0 Å². The summed E-state index contributed by atoms with van der Waals surface area (Å²) in [6, 6.07) is 15.2. The van der Waals surface area contributed by atoms with Crippen molar-refractivity contribution < 1.29 is 23.9 Å². The number of hydrogen-bond donors (Lipinski definition) is 3. The molecular weight excluding hydrogens is 560 g/mol. The highest BCUT2D eigenvalue weighted by molar-refractivity contribution is 5.96. The second-order valence-electron chi connectivity index (χ2n) is 12.7. The van der Waals surface area contributed by atoms with Gasteiger partial charge in [-0.05, 0) is 51.8 Å². The normalized spacial score (nSPS) is 13.2. The maximum Gasteiger partial charge on any atom is 0.408 e. The van der Waals surface area contributed by atoms with Crippen LogP contribution >= 0.6 is 0 Å². The topological polar surface area (TPSA) is 127 Å². The standard InChI is InChI=1S/C33H46N6O5/c1-32(2,3)44-31(43)36-33(4,5)30(42)35-26(20-23-21-34-25-18-14-13-17-24(23)25)28(40)38(8)27(29(41)39(9)37(6)7)19-22-15-11-10-12-16-22/h10-18,21,26-27,34H,19-20H2,1-9H3,(H,35,42)(H,36,43). The smallest absolute Gasteiger partial charge is 0.408 e. The lowest BCUT2D eigenvalue weighted by molar-refractivity contribution is -0.153. The van der Waals surface area contributed by atoms with Gasteiger partial charge in [-0.1, -0.05) is 48.5 Å². The van der Waals surface area contributed by atoms with Crippen LogP contribution in [-0.2, 0) is 32.0 Å². The van der Waals surface area contributed by atoms with E-state index in [0.717, 1.165) is 22.0 Å². The molecular formula is C33H46N6O5. The van der Waals surface area contributed by atoms with Crippen LogP contribution in [0.5, 0.6) is 0 Å². The van der Waals surface area contributed by atoms with Crippen LogP contribution < -0.4 is 10.6 Å². The van der Waals surface area contributed by atoms with Gasteiger partial charge in [-0.3, -0.25) is 19.4 Å². The summed E-state index contributed by atoms with van der Waals surface area (Å²) >= 11 is 0. The Balaban J connectivity index is 1.96. The van der Waals surface area contributed by atoms with Gasteiger partial charge < -0.3 is 25.3 Å². The summed E-state index contributed by atoms with van der Waals surface area (Å²) in [6.45, 7) is 8.26. The number of carbonyl (C=O) groups is 4. The third kappa shape index (κ3) is 8.82. The molecule has 1 aromatic heterocycles. The number of alkyl carbamates (subject to hydrolysis) is 1. The summed E-state index contributed by atoms with van der Waals surface area (Å²) in [7, 11) is 6.72. The van der Waals surface area contributed by atoms with Crippen LogP contribution in [0.4, 0.5) is 4.79 Å². The number of nitrogens with one attached hydrogen (secondary N) is 3. The van der Waals surface area contributed by atoms with Gasteiger partial charge in [0.25, 0.3) is 5.91 Å².